The average molecular weight is 434 g/mol. The molecule has 4 nitrogen and oxygen atoms in total. The third kappa shape index (κ3) is 4.02. The number of carbonyl (C=O) groups excluding carboxylic acids is 1. The van der Waals surface area contributed by atoms with Gasteiger partial charge in [-0.2, -0.15) is 0 Å². The normalized spacial score (nSPS) is 21.2. The molecular weight excluding hydrogens is 406 g/mol. The zero-order chi connectivity index (χ0) is 21.4. The first kappa shape index (κ1) is 20.3. The minimum absolute atomic E-state index is 0.0585. The van der Waals surface area contributed by atoms with Crippen LogP contribution in [-0.2, 0) is 6.42 Å². The molecule has 1 amide bonds. The molecule has 0 aliphatic carbocycles. The Morgan fingerprint density at radius 1 is 1.13 bits per heavy atom. The third-order valence-electron chi connectivity index (χ3n) is 6.98. The highest BCUT2D eigenvalue weighted by atomic mass is 35.5. The molecule has 2 aliphatic rings. The van der Waals surface area contributed by atoms with Crippen LogP contribution in [0.25, 0.3) is 10.9 Å². The minimum Gasteiger partial charge on any atom is -0.361 e. The number of nitrogens with zero attached hydrogens (tertiary/aromatic N) is 2. The van der Waals surface area contributed by atoms with E-state index < -0.39 is 0 Å². The quantitative estimate of drug-likeness (QED) is 0.565. The van der Waals surface area contributed by atoms with Crippen molar-refractivity contribution >= 4 is 28.4 Å². The minimum atomic E-state index is 0.0585. The van der Waals surface area contributed by atoms with Gasteiger partial charge in [0.05, 0.1) is 0 Å². The number of allylic oxidation sites excluding steroid dienone is 1. The number of hydrogen-bond acceptors (Lipinski definition) is 2. The standard InChI is InChI=1S/C26H28ClN3O/c1-29-21-10-12-22(29)16-23(13-11-21)30(26(31)18-6-8-20(27)9-7-18)15-14-19-17-28-25-5-3-2-4-24(19)25/h2-9,16-17,21-22,28H,10-15H2,1H3. The van der Waals surface area contributed by atoms with Gasteiger partial charge in [0.2, 0.25) is 0 Å². The molecule has 0 spiro atoms. The van der Waals surface area contributed by atoms with E-state index >= 15 is 0 Å². The second kappa shape index (κ2) is 8.52. The van der Waals surface area contributed by atoms with Crippen molar-refractivity contribution in [1.82, 2.24) is 14.8 Å². The van der Waals surface area contributed by atoms with Gasteiger partial charge >= 0.3 is 0 Å². The van der Waals surface area contributed by atoms with Crippen molar-refractivity contribution in [3.8, 4) is 0 Å². The highest BCUT2D eigenvalue weighted by molar-refractivity contribution is 6.30. The lowest BCUT2D eigenvalue weighted by Gasteiger charge is -2.27. The number of aromatic nitrogens is 1. The van der Waals surface area contributed by atoms with E-state index in [9.17, 15) is 4.79 Å². The van der Waals surface area contributed by atoms with Crippen LogP contribution in [0.4, 0.5) is 0 Å². The number of halogens is 1. The summed E-state index contributed by atoms with van der Waals surface area (Å²) >= 11 is 6.06. The van der Waals surface area contributed by atoms with E-state index in [1.165, 1.54) is 29.5 Å². The fourth-order valence-corrected chi connectivity index (χ4v) is 5.26. The molecule has 2 aliphatic heterocycles. The molecular formula is C26H28ClN3O. The Hall–Kier alpha value is -2.56. The number of amides is 1. The largest absolute Gasteiger partial charge is 0.361 e. The second-order valence-corrected chi connectivity index (χ2v) is 9.17. The van der Waals surface area contributed by atoms with E-state index in [4.69, 9.17) is 11.6 Å². The molecule has 1 aromatic heterocycles. The molecule has 1 saturated heterocycles. The van der Waals surface area contributed by atoms with Gasteiger partial charge in [0.15, 0.2) is 0 Å². The van der Waals surface area contributed by atoms with Crippen LogP contribution in [0.1, 0.15) is 41.6 Å². The van der Waals surface area contributed by atoms with Gasteiger partial charge in [-0.1, -0.05) is 29.8 Å². The molecule has 5 heteroatoms. The van der Waals surface area contributed by atoms with E-state index in [0.717, 1.165) is 24.8 Å². The molecule has 160 valence electrons. The first-order valence-electron chi connectivity index (χ1n) is 11.2. The molecule has 1 fully saturated rings. The SMILES string of the molecule is CN1C2C=C(N(CCc3c[nH]c4ccccc34)C(=O)c3ccc(Cl)cc3)CCC1CC2. The summed E-state index contributed by atoms with van der Waals surface area (Å²) in [4.78, 5) is 21.5. The highest BCUT2D eigenvalue weighted by Gasteiger charge is 2.33. The van der Waals surface area contributed by atoms with Crippen molar-refractivity contribution in [2.75, 3.05) is 13.6 Å². The number of hydrogen-bond donors (Lipinski definition) is 1. The summed E-state index contributed by atoms with van der Waals surface area (Å²) in [5.41, 5.74) is 4.24. The molecule has 5 rings (SSSR count). The maximum absolute atomic E-state index is 13.6. The number of rotatable bonds is 5. The van der Waals surface area contributed by atoms with Crippen molar-refractivity contribution in [1.29, 1.82) is 0 Å². The van der Waals surface area contributed by atoms with Crippen molar-refractivity contribution in [2.45, 2.75) is 44.2 Å². The van der Waals surface area contributed by atoms with Crippen LogP contribution < -0.4 is 0 Å². The van der Waals surface area contributed by atoms with Gasteiger partial charge in [0.1, 0.15) is 0 Å². The third-order valence-corrected chi connectivity index (χ3v) is 7.23. The molecule has 2 atom stereocenters. The first-order chi connectivity index (χ1) is 15.1. The average Bonchev–Trinajstić information content (AvgIpc) is 3.29. The number of benzene rings is 2. The van der Waals surface area contributed by atoms with Gasteiger partial charge < -0.3 is 9.88 Å². The molecule has 3 aromatic rings. The molecule has 2 unspecified atom stereocenters. The topological polar surface area (TPSA) is 39.3 Å². The Kier molecular flexibility index (Phi) is 5.59. The molecule has 31 heavy (non-hydrogen) atoms. The Balaban J connectivity index is 1.45. The van der Waals surface area contributed by atoms with Crippen molar-refractivity contribution < 1.29 is 4.79 Å². The summed E-state index contributed by atoms with van der Waals surface area (Å²) < 4.78 is 0. The van der Waals surface area contributed by atoms with Gasteiger partial charge in [0.25, 0.3) is 5.91 Å². The van der Waals surface area contributed by atoms with E-state index in [0.29, 0.717) is 29.2 Å². The number of nitrogens with one attached hydrogen (secondary N) is 1. The van der Waals surface area contributed by atoms with Crippen molar-refractivity contribution in [3.05, 3.63) is 82.7 Å². The second-order valence-electron chi connectivity index (χ2n) is 8.73. The Morgan fingerprint density at radius 2 is 1.94 bits per heavy atom. The number of aromatic amines is 1. The van der Waals surface area contributed by atoms with E-state index in [-0.39, 0.29) is 5.91 Å². The van der Waals surface area contributed by atoms with Crippen LogP contribution >= 0.6 is 11.6 Å². The van der Waals surface area contributed by atoms with Crippen LogP contribution in [0.5, 0.6) is 0 Å². The molecule has 1 N–H and O–H groups in total. The maximum atomic E-state index is 13.6. The first-order valence-corrected chi connectivity index (χ1v) is 11.5. The zero-order valence-electron chi connectivity index (χ0n) is 17.9. The van der Waals surface area contributed by atoms with Crippen LogP contribution in [0.15, 0.2) is 66.5 Å². The van der Waals surface area contributed by atoms with Gasteiger partial charge in [-0.3, -0.25) is 9.69 Å². The van der Waals surface area contributed by atoms with Crippen LogP contribution in [0.2, 0.25) is 5.02 Å². The van der Waals surface area contributed by atoms with Gasteiger partial charge in [-0.15, -0.1) is 0 Å². The van der Waals surface area contributed by atoms with E-state index in [2.05, 4.69) is 47.4 Å². The summed E-state index contributed by atoms with van der Waals surface area (Å²) in [6.07, 6.45) is 9.71. The summed E-state index contributed by atoms with van der Waals surface area (Å²) in [6, 6.07) is 16.7. The van der Waals surface area contributed by atoms with Crippen molar-refractivity contribution in [3.63, 3.8) is 0 Å². The monoisotopic (exact) mass is 433 g/mol. The Bertz CT molecular complexity index is 1120. The van der Waals surface area contributed by atoms with Crippen LogP contribution in [0, 0.1) is 0 Å². The number of fused-ring (bicyclic) bond motifs is 3. The number of H-pyrrole nitrogens is 1. The molecule has 3 heterocycles. The van der Waals surface area contributed by atoms with Gasteiger partial charge in [-0.05, 0) is 81.1 Å². The smallest absolute Gasteiger partial charge is 0.258 e. The van der Waals surface area contributed by atoms with Crippen molar-refractivity contribution in [2.24, 2.45) is 0 Å². The van der Waals surface area contributed by atoms with Gasteiger partial charge in [-0.25, -0.2) is 0 Å². The summed E-state index contributed by atoms with van der Waals surface area (Å²) in [7, 11) is 2.22. The maximum Gasteiger partial charge on any atom is 0.258 e. The molecule has 2 bridgehead atoms. The fourth-order valence-electron chi connectivity index (χ4n) is 5.13. The van der Waals surface area contributed by atoms with Gasteiger partial charge in [0, 0.05) is 52.0 Å². The van der Waals surface area contributed by atoms with E-state index in [1.807, 2.05) is 23.1 Å². The molecule has 2 aromatic carbocycles. The zero-order valence-corrected chi connectivity index (χ0v) is 18.6. The predicted octanol–water partition coefficient (Wildman–Crippen LogP) is 5.65. The summed E-state index contributed by atoms with van der Waals surface area (Å²) in [5.74, 6) is 0.0585. The molecule has 0 saturated carbocycles. The van der Waals surface area contributed by atoms with Crippen LogP contribution in [0.3, 0.4) is 0 Å². The van der Waals surface area contributed by atoms with E-state index in [1.54, 1.807) is 12.1 Å². The number of carbonyl (C=O) groups is 1. The number of para-hydroxylation sites is 1. The lowest BCUT2D eigenvalue weighted by Crippen LogP contribution is -2.33. The highest BCUT2D eigenvalue weighted by Crippen LogP contribution is 2.33. The summed E-state index contributed by atoms with van der Waals surface area (Å²) in [5, 5.41) is 1.88. The lowest BCUT2D eigenvalue weighted by molar-refractivity contribution is 0.0801. The number of likely N-dealkylation sites (N-methyl/N-ethyl adjacent to an activating group) is 1. The fraction of sp³-hybridized carbons (Fsp3) is 0.346. The molecule has 0 radical (unpaired) electrons. The summed E-state index contributed by atoms with van der Waals surface area (Å²) in [6.45, 7) is 0.663. The predicted molar refractivity (Wildman–Crippen MR) is 126 cm³/mol. The Labute approximate surface area is 188 Å². The Morgan fingerprint density at radius 3 is 2.77 bits per heavy atom. The van der Waals surface area contributed by atoms with Crippen LogP contribution in [-0.4, -0.2) is 46.4 Å². The lowest BCUT2D eigenvalue weighted by atomic mass is 10.0.